The number of benzene rings is 2. The standard InChI is InChI=1S/C31H48N2O8/c34-16-12-26(36)30(40)28(38)19-33(20-29(39)31(41)27(37)13-17-35)15-7-1-6-14-32-18-25-23-10-4-2-8-21(23)22-9-3-5-11-24(22)25/h2-5,8-11,25-32,34-41H,1,6-7,12-20H2. The van der Waals surface area contributed by atoms with Gasteiger partial charge in [-0.3, -0.25) is 4.90 Å². The zero-order valence-electron chi connectivity index (χ0n) is 23.7. The van der Waals surface area contributed by atoms with Gasteiger partial charge in [-0.05, 0) is 61.0 Å². The molecule has 0 aliphatic heterocycles. The van der Waals surface area contributed by atoms with E-state index < -0.39 is 36.6 Å². The van der Waals surface area contributed by atoms with Crippen molar-refractivity contribution in [2.75, 3.05) is 45.9 Å². The van der Waals surface area contributed by atoms with E-state index in [2.05, 4.69) is 53.8 Å². The molecule has 6 unspecified atom stereocenters. The van der Waals surface area contributed by atoms with Gasteiger partial charge in [0.2, 0.25) is 0 Å². The molecule has 0 fully saturated rings. The molecule has 1 aliphatic carbocycles. The molecular weight excluding hydrogens is 528 g/mol. The van der Waals surface area contributed by atoms with E-state index in [1.165, 1.54) is 22.3 Å². The van der Waals surface area contributed by atoms with Crippen molar-refractivity contribution in [3.05, 3.63) is 59.7 Å². The Morgan fingerprint density at radius 1 is 0.634 bits per heavy atom. The molecule has 10 nitrogen and oxygen atoms in total. The van der Waals surface area contributed by atoms with Crippen molar-refractivity contribution in [2.24, 2.45) is 0 Å². The van der Waals surface area contributed by atoms with Crippen LogP contribution in [0.2, 0.25) is 0 Å². The van der Waals surface area contributed by atoms with Gasteiger partial charge in [0.1, 0.15) is 12.2 Å². The van der Waals surface area contributed by atoms with E-state index >= 15 is 0 Å². The lowest BCUT2D eigenvalue weighted by atomic mass is 9.97. The van der Waals surface area contributed by atoms with Gasteiger partial charge in [-0.1, -0.05) is 55.0 Å². The smallest absolute Gasteiger partial charge is 0.107 e. The fraction of sp³-hybridized carbons (Fsp3) is 0.613. The third kappa shape index (κ3) is 9.52. The lowest BCUT2D eigenvalue weighted by Crippen LogP contribution is -2.50. The van der Waals surface area contributed by atoms with Crippen LogP contribution in [-0.4, -0.2) is 128 Å². The highest BCUT2D eigenvalue weighted by molar-refractivity contribution is 5.78. The summed E-state index contributed by atoms with van der Waals surface area (Å²) < 4.78 is 0. The highest BCUT2D eigenvalue weighted by atomic mass is 16.4. The number of nitrogens with zero attached hydrogens (tertiary/aromatic N) is 1. The molecule has 0 bridgehead atoms. The molecule has 41 heavy (non-hydrogen) atoms. The van der Waals surface area contributed by atoms with Crippen LogP contribution in [0, 0.1) is 0 Å². The van der Waals surface area contributed by atoms with Crippen molar-refractivity contribution in [1.82, 2.24) is 10.2 Å². The molecule has 0 radical (unpaired) electrons. The van der Waals surface area contributed by atoms with E-state index in [1.54, 1.807) is 4.90 Å². The largest absolute Gasteiger partial charge is 0.396 e. The molecule has 2 aromatic carbocycles. The van der Waals surface area contributed by atoms with Gasteiger partial charge >= 0.3 is 0 Å². The van der Waals surface area contributed by atoms with E-state index in [1.807, 2.05) is 0 Å². The Bertz CT molecular complexity index is 956. The molecule has 0 amide bonds. The van der Waals surface area contributed by atoms with Crippen LogP contribution in [0.1, 0.15) is 49.1 Å². The second-order valence-electron chi connectivity index (χ2n) is 11.0. The number of hydrogen-bond donors (Lipinski definition) is 9. The summed E-state index contributed by atoms with van der Waals surface area (Å²) in [5, 5.41) is 82.9. The molecule has 2 aromatic rings. The maximum Gasteiger partial charge on any atom is 0.107 e. The second kappa shape index (κ2) is 17.2. The fourth-order valence-electron chi connectivity index (χ4n) is 5.61. The lowest BCUT2D eigenvalue weighted by molar-refractivity contribution is -0.0923. The van der Waals surface area contributed by atoms with Gasteiger partial charge in [-0.25, -0.2) is 0 Å². The molecule has 0 heterocycles. The quantitative estimate of drug-likeness (QED) is 0.0959. The minimum atomic E-state index is -1.48. The number of rotatable bonds is 20. The molecule has 6 atom stereocenters. The first-order valence-corrected chi connectivity index (χ1v) is 14.7. The van der Waals surface area contributed by atoms with Crippen molar-refractivity contribution in [3.63, 3.8) is 0 Å². The first-order chi connectivity index (χ1) is 19.8. The van der Waals surface area contributed by atoms with Gasteiger partial charge in [0.25, 0.3) is 0 Å². The van der Waals surface area contributed by atoms with Crippen molar-refractivity contribution in [2.45, 2.75) is 74.6 Å². The number of fused-ring (bicyclic) bond motifs is 3. The first-order valence-electron chi connectivity index (χ1n) is 14.7. The van der Waals surface area contributed by atoms with E-state index in [0.29, 0.717) is 12.5 Å². The van der Waals surface area contributed by atoms with Crippen molar-refractivity contribution < 1.29 is 40.9 Å². The zero-order valence-corrected chi connectivity index (χ0v) is 23.7. The maximum absolute atomic E-state index is 10.5. The van der Waals surface area contributed by atoms with Gasteiger partial charge in [-0.15, -0.1) is 0 Å². The highest BCUT2D eigenvalue weighted by Crippen LogP contribution is 2.44. The van der Waals surface area contributed by atoms with Crippen molar-refractivity contribution in [1.29, 1.82) is 0 Å². The SMILES string of the molecule is OCCC(O)C(O)C(O)CN(CCCCCNCC1c2ccccc2-c2ccccc21)CC(O)C(O)C(O)CCO. The minimum Gasteiger partial charge on any atom is -0.396 e. The number of nitrogens with one attached hydrogen (secondary N) is 1. The van der Waals surface area contributed by atoms with Gasteiger partial charge < -0.3 is 46.2 Å². The summed E-state index contributed by atoms with van der Waals surface area (Å²) >= 11 is 0. The Morgan fingerprint density at radius 3 is 1.61 bits per heavy atom. The monoisotopic (exact) mass is 576 g/mol. The van der Waals surface area contributed by atoms with Gasteiger partial charge in [0.05, 0.1) is 24.4 Å². The molecule has 9 N–H and O–H groups in total. The number of hydrogen-bond acceptors (Lipinski definition) is 10. The van der Waals surface area contributed by atoms with Crippen LogP contribution in [0.25, 0.3) is 11.1 Å². The van der Waals surface area contributed by atoms with Gasteiger partial charge in [0.15, 0.2) is 0 Å². The van der Waals surface area contributed by atoms with E-state index in [0.717, 1.165) is 32.4 Å². The Morgan fingerprint density at radius 2 is 1.12 bits per heavy atom. The lowest BCUT2D eigenvalue weighted by Gasteiger charge is -2.32. The summed E-state index contributed by atoms with van der Waals surface area (Å²) in [6.45, 7) is 1.27. The zero-order chi connectivity index (χ0) is 29.8. The second-order valence-corrected chi connectivity index (χ2v) is 11.0. The van der Waals surface area contributed by atoms with E-state index in [-0.39, 0.29) is 39.1 Å². The summed E-state index contributed by atoms with van der Waals surface area (Å²) in [4.78, 5) is 1.68. The number of aliphatic hydroxyl groups is 8. The molecule has 0 saturated heterocycles. The maximum atomic E-state index is 10.5. The average molecular weight is 577 g/mol. The topological polar surface area (TPSA) is 177 Å². The number of unbranched alkanes of at least 4 members (excludes halogenated alkanes) is 2. The van der Waals surface area contributed by atoms with Crippen molar-refractivity contribution in [3.8, 4) is 11.1 Å². The van der Waals surface area contributed by atoms with E-state index in [4.69, 9.17) is 10.2 Å². The third-order valence-electron chi connectivity index (χ3n) is 7.96. The Balaban J connectivity index is 1.47. The molecule has 0 saturated carbocycles. The molecule has 0 aromatic heterocycles. The summed E-state index contributed by atoms with van der Waals surface area (Å²) in [5.41, 5.74) is 5.27. The predicted molar refractivity (Wildman–Crippen MR) is 156 cm³/mol. The normalized spacial score (nSPS) is 17.6. The molecule has 3 rings (SSSR count). The number of aliphatic hydroxyl groups excluding tert-OH is 8. The van der Waals surface area contributed by atoms with E-state index in [9.17, 15) is 30.6 Å². The van der Waals surface area contributed by atoms with Gasteiger partial charge in [-0.2, -0.15) is 0 Å². The van der Waals surface area contributed by atoms with Crippen LogP contribution in [0.3, 0.4) is 0 Å². The molecule has 1 aliphatic rings. The van der Waals surface area contributed by atoms with Crippen LogP contribution in [0.15, 0.2) is 48.5 Å². The Labute approximate surface area is 242 Å². The molecule has 0 spiro atoms. The molecular formula is C31H48N2O8. The van der Waals surface area contributed by atoms with Crippen molar-refractivity contribution >= 4 is 0 Å². The molecule has 10 heteroatoms. The predicted octanol–water partition coefficient (Wildman–Crippen LogP) is -0.209. The van der Waals surface area contributed by atoms with Crippen LogP contribution < -0.4 is 5.32 Å². The summed E-state index contributed by atoms with van der Waals surface area (Å²) in [5.74, 6) is 0.307. The van der Waals surface area contributed by atoms with Crippen LogP contribution in [0.4, 0.5) is 0 Å². The Kier molecular flexibility index (Phi) is 14.1. The van der Waals surface area contributed by atoms with Crippen LogP contribution >= 0.6 is 0 Å². The summed E-state index contributed by atoms with van der Waals surface area (Å²) in [7, 11) is 0. The summed E-state index contributed by atoms with van der Waals surface area (Å²) in [6, 6.07) is 17.0. The first kappa shape index (κ1) is 33.5. The molecule has 230 valence electrons. The van der Waals surface area contributed by atoms with Crippen LogP contribution in [-0.2, 0) is 0 Å². The average Bonchev–Trinajstić information content (AvgIpc) is 3.29. The minimum absolute atomic E-state index is 0.0811. The summed E-state index contributed by atoms with van der Waals surface area (Å²) in [6.07, 6.45) is -5.94. The Hall–Kier alpha value is -1.96. The third-order valence-corrected chi connectivity index (χ3v) is 7.96. The van der Waals surface area contributed by atoms with Gasteiger partial charge in [0, 0.05) is 38.8 Å². The highest BCUT2D eigenvalue weighted by Gasteiger charge is 2.30. The van der Waals surface area contributed by atoms with Crippen LogP contribution in [0.5, 0.6) is 0 Å². The fourth-order valence-corrected chi connectivity index (χ4v) is 5.61.